The Morgan fingerprint density at radius 1 is 1.18 bits per heavy atom. The number of benzene rings is 1. The number of fused-ring (bicyclic) bond motifs is 2. The summed E-state index contributed by atoms with van der Waals surface area (Å²) >= 11 is 0. The third-order valence-corrected chi connectivity index (χ3v) is 6.71. The molecule has 2 aliphatic heterocycles. The average molecular weight is 383 g/mol. The molecule has 2 unspecified atom stereocenters. The fourth-order valence-corrected chi connectivity index (χ4v) is 5.15. The lowest BCUT2D eigenvalue weighted by atomic mass is 9.89. The minimum absolute atomic E-state index is 0.0000437. The van der Waals surface area contributed by atoms with Crippen LogP contribution in [0, 0.1) is 11.8 Å². The van der Waals surface area contributed by atoms with E-state index >= 15 is 0 Å². The van der Waals surface area contributed by atoms with E-state index in [0.29, 0.717) is 19.2 Å². The maximum atomic E-state index is 12.6. The van der Waals surface area contributed by atoms with Crippen LogP contribution in [0.25, 0.3) is 0 Å². The quantitative estimate of drug-likeness (QED) is 0.536. The lowest BCUT2D eigenvalue weighted by molar-refractivity contribution is -0.186. The molecule has 0 amide bonds. The van der Waals surface area contributed by atoms with Crippen molar-refractivity contribution in [3.63, 3.8) is 0 Å². The van der Waals surface area contributed by atoms with Gasteiger partial charge in [-0.2, -0.15) is 5.06 Å². The predicted molar refractivity (Wildman–Crippen MR) is 107 cm³/mol. The van der Waals surface area contributed by atoms with Crippen LogP contribution in [-0.2, 0) is 21.0 Å². The highest BCUT2D eigenvalue weighted by molar-refractivity contribution is 5.98. The molecule has 5 heteroatoms. The van der Waals surface area contributed by atoms with Crippen molar-refractivity contribution in [1.29, 1.82) is 0 Å². The third kappa shape index (κ3) is 3.84. The fraction of sp³-hybridized carbons (Fsp3) is 0.565. The molecule has 0 N–H and O–H groups in total. The lowest BCUT2D eigenvalue weighted by Gasteiger charge is -2.33. The molecule has 2 heterocycles. The van der Waals surface area contributed by atoms with Crippen molar-refractivity contribution in [3.05, 3.63) is 48.0 Å². The van der Waals surface area contributed by atoms with Crippen molar-refractivity contribution >= 4 is 12.1 Å². The van der Waals surface area contributed by atoms with Crippen LogP contribution in [0.2, 0.25) is 0 Å². The Labute approximate surface area is 167 Å². The molecule has 0 radical (unpaired) electrons. The first-order valence-electron chi connectivity index (χ1n) is 10.5. The second-order valence-corrected chi connectivity index (χ2v) is 8.37. The van der Waals surface area contributed by atoms with E-state index in [9.17, 15) is 9.59 Å². The Morgan fingerprint density at radius 2 is 1.93 bits per heavy atom. The zero-order chi connectivity index (χ0) is 19.5. The van der Waals surface area contributed by atoms with Gasteiger partial charge in [-0.15, -0.1) is 0 Å². The summed E-state index contributed by atoms with van der Waals surface area (Å²) in [4.78, 5) is 32.9. The van der Waals surface area contributed by atoms with E-state index in [1.54, 1.807) is 6.08 Å². The van der Waals surface area contributed by atoms with Gasteiger partial charge in [0.05, 0.1) is 12.6 Å². The van der Waals surface area contributed by atoms with Crippen LogP contribution in [0.3, 0.4) is 0 Å². The van der Waals surface area contributed by atoms with Crippen LogP contribution in [0.1, 0.15) is 37.7 Å². The van der Waals surface area contributed by atoms with E-state index in [1.165, 1.54) is 32.1 Å². The van der Waals surface area contributed by atoms with Gasteiger partial charge in [-0.05, 0) is 24.5 Å². The highest BCUT2D eigenvalue weighted by Gasteiger charge is 2.52. The second-order valence-electron chi connectivity index (χ2n) is 8.37. The Morgan fingerprint density at radius 3 is 2.64 bits per heavy atom. The molecule has 1 saturated heterocycles. The van der Waals surface area contributed by atoms with Crippen LogP contribution in [-0.4, -0.2) is 53.8 Å². The molecule has 0 spiro atoms. The molecule has 4 atom stereocenters. The van der Waals surface area contributed by atoms with E-state index in [0.717, 1.165) is 11.8 Å². The first kappa shape index (κ1) is 19.5. The number of hydrogen-bond donors (Lipinski definition) is 0. The van der Waals surface area contributed by atoms with Crippen molar-refractivity contribution in [3.8, 4) is 0 Å². The van der Waals surface area contributed by atoms with Gasteiger partial charge < -0.3 is 4.79 Å². The predicted octanol–water partition coefficient (Wildman–Crippen LogP) is 3.01. The highest BCUT2D eigenvalue weighted by atomic mass is 16.7. The number of carbonyl (C=O) groups is 2. The monoisotopic (exact) mass is 382 g/mol. The van der Waals surface area contributed by atoms with Crippen LogP contribution in [0.4, 0.5) is 0 Å². The van der Waals surface area contributed by atoms with Crippen molar-refractivity contribution in [2.75, 3.05) is 13.7 Å². The molecule has 28 heavy (non-hydrogen) atoms. The highest BCUT2D eigenvalue weighted by Crippen LogP contribution is 2.40. The summed E-state index contributed by atoms with van der Waals surface area (Å²) < 4.78 is 0. The fourth-order valence-electron chi connectivity index (χ4n) is 5.15. The van der Waals surface area contributed by atoms with Gasteiger partial charge in [0.1, 0.15) is 6.29 Å². The molecule has 1 aromatic rings. The first-order chi connectivity index (χ1) is 13.7. The third-order valence-electron chi connectivity index (χ3n) is 6.71. The molecule has 3 aliphatic rings. The number of aldehydes is 1. The molecule has 1 saturated carbocycles. The normalized spacial score (nSPS) is 30.9. The zero-order valence-corrected chi connectivity index (χ0v) is 16.6. The number of nitrogens with zero attached hydrogens (tertiary/aromatic N) is 2. The SMILES string of the molecule is CN(OCC1C(C=O)[C@H]2C(=O)C=C[C@@H]1N2Cc1ccccc1)C1CCCCC1. The molecule has 4 rings (SSSR count). The Kier molecular flexibility index (Phi) is 6.04. The summed E-state index contributed by atoms with van der Waals surface area (Å²) in [6.45, 7) is 1.14. The molecule has 5 nitrogen and oxygen atoms in total. The second kappa shape index (κ2) is 8.68. The van der Waals surface area contributed by atoms with Gasteiger partial charge in [0.25, 0.3) is 0 Å². The summed E-state index contributed by atoms with van der Waals surface area (Å²) in [5.74, 6) is -0.289. The van der Waals surface area contributed by atoms with Crippen molar-refractivity contribution in [1.82, 2.24) is 9.96 Å². The molecule has 150 valence electrons. The van der Waals surface area contributed by atoms with Crippen molar-refractivity contribution in [2.45, 2.75) is 56.8 Å². The van der Waals surface area contributed by atoms with Gasteiger partial charge in [0, 0.05) is 37.5 Å². The number of hydrogen-bond acceptors (Lipinski definition) is 5. The number of rotatable bonds is 7. The van der Waals surface area contributed by atoms with E-state index in [1.807, 2.05) is 36.4 Å². The number of carbonyl (C=O) groups excluding carboxylic acids is 2. The van der Waals surface area contributed by atoms with Gasteiger partial charge in [-0.1, -0.05) is 55.7 Å². The van der Waals surface area contributed by atoms with E-state index in [-0.39, 0.29) is 29.7 Å². The Bertz CT molecular complexity index is 714. The molecule has 2 fully saturated rings. The molecule has 1 aliphatic carbocycles. The molecule has 1 aromatic carbocycles. The van der Waals surface area contributed by atoms with E-state index in [4.69, 9.17) is 4.84 Å². The summed E-state index contributed by atoms with van der Waals surface area (Å²) in [6.07, 6.45) is 10.8. The van der Waals surface area contributed by atoms with Gasteiger partial charge in [0.2, 0.25) is 0 Å². The van der Waals surface area contributed by atoms with Crippen LogP contribution in [0.5, 0.6) is 0 Å². The molecule has 2 bridgehead atoms. The van der Waals surface area contributed by atoms with Gasteiger partial charge in [0.15, 0.2) is 5.78 Å². The minimum atomic E-state index is -0.374. The topological polar surface area (TPSA) is 49.9 Å². The molecular formula is C23H30N2O3. The van der Waals surface area contributed by atoms with Gasteiger partial charge in [-0.3, -0.25) is 14.5 Å². The average Bonchev–Trinajstić information content (AvgIpc) is 2.95. The largest absolute Gasteiger partial charge is 0.303 e. The Balaban J connectivity index is 1.48. The minimum Gasteiger partial charge on any atom is -0.303 e. The summed E-state index contributed by atoms with van der Waals surface area (Å²) in [7, 11) is 2.01. The van der Waals surface area contributed by atoms with Gasteiger partial charge in [-0.25, -0.2) is 0 Å². The summed E-state index contributed by atoms with van der Waals surface area (Å²) in [6, 6.07) is 10.3. The standard InChI is InChI=1S/C23H30N2O3/c1-24(18-10-6-3-7-11-18)28-16-20-19(15-26)23-22(27)13-12-21(20)25(23)14-17-8-4-2-5-9-17/h2,4-5,8-9,12-13,15,18-21,23H,3,6-7,10-11,14,16H2,1H3/t19?,20?,21-,23-/m0/s1. The molecule has 0 aromatic heterocycles. The smallest absolute Gasteiger partial charge is 0.173 e. The number of ketones is 1. The van der Waals surface area contributed by atoms with Crippen LogP contribution < -0.4 is 0 Å². The summed E-state index contributed by atoms with van der Waals surface area (Å²) in [5.41, 5.74) is 1.16. The maximum absolute atomic E-state index is 12.6. The zero-order valence-electron chi connectivity index (χ0n) is 16.6. The first-order valence-corrected chi connectivity index (χ1v) is 10.5. The van der Waals surface area contributed by atoms with Crippen LogP contribution >= 0.6 is 0 Å². The van der Waals surface area contributed by atoms with Crippen molar-refractivity contribution in [2.24, 2.45) is 11.8 Å². The van der Waals surface area contributed by atoms with Gasteiger partial charge >= 0.3 is 0 Å². The lowest BCUT2D eigenvalue weighted by Crippen LogP contribution is -2.44. The molecular weight excluding hydrogens is 352 g/mol. The van der Waals surface area contributed by atoms with E-state index < -0.39 is 0 Å². The summed E-state index contributed by atoms with van der Waals surface area (Å²) in [5, 5.41) is 2.00. The number of hydroxylamine groups is 2. The maximum Gasteiger partial charge on any atom is 0.173 e. The Hall–Kier alpha value is -1.82. The van der Waals surface area contributed by atoms with E-state index in [2.05, 4.69) is 17.0 Å². The van der Waals surface area contributed by atoms with Crippen molar-refractivity contribution < 1.29 is 14.4 Å². The van der Waals surface area contributed by atoms with Crippen LogP contribution in [0.15, 0.2) is 42.5 Å².